The van der Waals surface area contributed by atoms with Crippen LogP contribution in [-0.4, -0.2) is 482 Å². The van der Waals surface area contributed by atoms with Crippen molar-refractivity contribution < 1.29 is 180 Å². The maximum Gasteiger partial charge on any atom is 0.410 e. The summed E-state index contributed by atoms with van der Waals surface area (Å²) in [6, 6.07) is -27.7. The van der Waals surface area contributed by atoms with E-state index in [1.54, 1.807) is 0 Å². The first-order chi connectivity index (χ1) is 45.1. The lowest BCUT2D eigenvalue weighted by atomic mass is 10.1. The predicted octanol–water partition coefficient (Wildman–Crippen LogP) is -14.7. The number of rotatable bonds is 51. The summed E-state index contributed by atoms with van der Waals surface area (Å²) in [6.45, 7) is -35.6. The highest BCUT2D eigenvalue weighted by molar-refractivity contribution is 5.71. The first kappa shape index (κ1) is 88.6. The molecule has 0 saturated carbocycles. The van der Waals surface area contributed by atoms with E-state index in [9.17, 15) is 151 Å². The summed E-state index contributed by atoms with van der Waals surface area (Å²) in [5.74, 6) is 0. The summed E-state index contributed by atoms with van der Waals surface area (Å²) in [5.41, 5.74) is 0. The minimum atomic E-state index is -2.28. The maximum absolute atomic E-state index is 14.4. The van der Waals surface area contributed by atoms with Gasteiger partial charge in [0.05, 0.1) is 249 Å². The average Bonchev–Trinajstić information content (AvgIpc) is 0.839. The molecule has 0 aromatic rings. The van der Waals surface area contributed by atoms with Crippen molar-refractivity contribution in [2.45, 2.75) is 90.6 Å². The molecule has 0 aliphatic carbocycles. The third-order valence-electron chi connectivity index (χ3n) is 14.7. The maximum atomic E-state index is 14.4. The average molecular weight is 1390 g/mol. The fourth-order valence-corrected chi connectivity index (χ4v) is 9.39. The highest BCUT2D eigenvalue weighted by Gasteiger charge is 2.44. The van der Waals surface area contributed by atoms with E-state index in [4.69, 9.17) is 28.4 Å². The molecule has 554 valence electrons. The number of nitrogens with zero attached hydrogens (tertiary/aromatic N) is 7. The van der Waals surface area contributed by atoms with E-state index in [2.05, 4.69) is 0 Å². The lowest BCUT2D eigenvalue weighted by Gasteiger charge is -2.44. The molecular formula is C51H99N7O36. The number of amides is 6. The lowest BCUT2D eigenvalue weighted by Crippen LogP contribution is -2.62. The molecule has 43 heteroatoms. The van der Waals surface area contributed by atoms with Crippen molar-refractivity contribution in [1.29, 1.82) is 0 Å². The van der Waals surface area contributed by atoms with Crippen LogP contribution in [0.3, 0.4) is 0 Å². The number of aliphatic hydroxyl groups is 24. The molecule has 6 amide bonds. The smallest absolute Gasteiger partial charge is 0.410 e. The number of ether oxygens (including phenoxy) is 6. The van der Waals surface area contributed by atoms with E-state index in [0.717, 1.165) is 0 Å². The van der Waals surface area contributed by atoms with Gasteiger partial charge < -0.3 is 151 Å². The zero-order valence-electron chi connectivity index (χ0n) is 51.6. The molecular weight excluding hydrogens is 1290 g/mol. The summed E-state index contributed by atoms with van der Waals surface area (Å²) >= 11 is 0. The molecule has 0 aliphatic heterocycles. The molecule has 0 saturated heterocycles. The number of hydrogen-bond acceptors (Lipinski definition) is 37. The molecule has 0 rings (SSSR count). The van der Waals surface area contributed by atoms with Crippen molar-refractivity contribution in [3.8, 4) is 0 Å². The lowest BCUT2D eigenvalue weighted by molar-refractivity contribution is -0.0856. The van der Waals surface area contributed by atoms with Gasteiger partial charge in [-0.15, -0.1) is 0 Å². The van der Waals surface area contributed by atoms with Crippen LogP contribution in [0.1, 0.15) is 0 Å². The predicted molar refractivity (Wildman–Crippen MR) is 308 cm³/mol. The molecule has 0 fully saturated rings. The summed E-state index contributed by atoms with van der Waals surface area (Å²) in [6.07, 6.45) is -10.2. The van der Waals surface area contributed by atoms with Crippen molar-refractivity contribution in [3.05, 3.63) is 0 Å². The third-order valence-corrected chi connectivity index (χ3v) is 14.7. The monoisotopic (exact) mass is 1390 g/mol. The van der Waals surface area contributed by atoms with E-state index >= 15 is 0 Å². The molecule has 0 aromatic carbocycles. The van der Waals surface area contributed by atoms with Gasteiger partial charge in [-0.05, 0) is 0 Å². The standard InChI is InChI=1S/C51H99N7O36/c59-1-31(2-60)53(32(3-61)4-62)46(83)89-25-43(26-90-47(84)54(33(5-63)6-64)34(7-65)8-66)52(44(27-91-48(85)55(35(9-67)10-68)36(11-69)12-70)28-92-49(86)56(37(13-71)14-72)38(15-73)16-74)45(29-93-50(87)57(39(17-75)18-76)40(19-77)20-78)30-94-51(88)58(41(21-79)22-80)42(23-81)24-82/h31-45,59-82H,1-30H2. The van der Waals surface area contributed by atoms with E-state index in [-0.39, 0.29) is 0 Å². The second kappa shape index (κ2) is 50.0. The van der Waals surface area contributed by atoms with Crippen molar-refractivity contribution >= 4 is 36.6 Å². The second-order valence-electron chi connectivity index (χ2n) is 20.5. The van der Waals surface area contributed by atoms with Crippen LogP contribution >= 0.6 is 0 Å². The largest absolute Gasteiger partial charge is 0.448 e. The van der Waals surface area contributed by atoms with Crippen molar-refractivity contribution in [2.24, 2.45) is 0 Å². The first-order valence-electron chi connectivity index (χ1n) is 29.2. The Kier molecular flexibility index (Phi) is 47.2. The molecule has 94 heavy (non-hydrogen) atoms. The molecule has 0 aliphatic rings. The van der Waals surface area contributed by atoms with Crippen LogP contribution in [0, 0.1) is 0 Å². The van der Waals surface area contributed by atoms with Gasteiger partial charge in [0.1, 0.15) is 39.6 Å². The Morgan fingerprint density at radius 2 is 0.255 bits per heavy atom. The Balaban J connectivity index is 10.0. The van der Waals surface area contributed by atoms with E-state index in [0.29, 0.717) is 34.3 Å². The molecule has 43 nitrogen and oxygen atoms in total. The fourth-order valence-electron chi connectivity index (χ4n) is 9.39. The van der Waals surface area contributed by atoms with Gasteiger partial charge in [-0.25, -0.2) is 28.8 Å². The highest BCUT2D eigenvalue weighted by atomic mass is 16.6. The van der Waals surface area contributed by atoms with Crippen molar-refractivity contribution in [1.82, 2.24) is 34.3 Å². The highest BCUT2D eigenvalue weighted by Crippen LogP contribution is 2.23. The van der Waals surface area contributed by atoms with Gasteiger partial charge in [-0.1, -0.05) is 0 Å². The number of carbonyl (C=O) groups is 6. The van der Waals surface area contributed by atoms with Gasteiger partial charge >= 0.3 is 36.6 Å². The summed E-state index contributed by atoms with van der Waals surface area (Å²) in [5, 5.41) is 246. The van der Waals surface area contributed by atoms with Crippen molar-refractivity contribution in [2.75, 3.05) is 198 Å². The van der Waals surface area contributed by atoms with Gasteiger partial charge in [-0.3, -0.25) is 34.3 Å². The Hall–Kier alpha value is -5.38. The van der Waals surface area contributed by atoms with Crippen LogP contribution in [0.2, 0.25) is 0 Å². The van der Waals surface area contributed by atoms with Crippen LogP contribution in [0.4, 0.5) is 28.8 Å². The van der Waals surface area contributed by atoms with Gasteiger partial charge in [0.2, 0.25) is 0 Å². The number of aliphatic hydroxyl groups excluding tert-OH is 24. The number of carbonyl (C=O) groups excluding carboxylic acids is 6. The zero-order chi connectivity index (χ0) is 71.6. The normalized spacial score (nSPS) is 12.1. The van der Waals surface area contributed by atoms with E-state index in [1.807, 2.05) is 0 Å². The molecule has 0 radical (unpaired) electrons. The first-order valence-corrected chi connectivity index (χ1v) is 29.2. The molecule has 0 atom stereocenters. The fraction of sp³-hybridized carbons (Fsp3) is 0.882. The molecule has 0 aromatic heterocycles. The van der Waals surface area contributed by atoms with Gasteiger partial charge in [0, 0.05) is 0 Å². The van der Waals surface area contributed by atoms with E-state index in [1.165, 1.54) is 0 Å². The van der Waals surface area contributed by atoms with Gasteiger partial charge in [0.25, 0.3) is 0 Å². The molecule has 0 spiro atoms. The minimum absolute atomic E-state index is 0.410. The van der Waals surface area contributed by atoms with Crippen LogP contribution in [0.25, 0.3) is 0 Å². The summed E-state index contributed by atoms with van der Waals surface area (Å²) in [7, 11) is 0. The minimum Gasteiger partial charge on any atom is -0.448 e. The number of hydrogen-bond donors (Lipinski definition) is 24. The van der Waals surface area contributed by atoms with Gasteiger partial charge in [-0.2, -0.15) is 0 Å². The Bertz CT molecular complexity index is 1590. The Morgan fingerprint density at radius 1 is 0.170 bits per heavy atom. The van der Waals surface area contributed by atoms with Crippen LogP contribution in [-0.2, 0) is 28.4 Å². The van der Waals surface area contributed by atoms with E-state index < -0.39 is 325 Å². The summed E-state index contributed by atoms with van der Waals surface area (Å²) in [4.78, 5) is 89.7. The quantitative estimate of drug-likeness (QED) is 0.0252. The molecule has 0 heterocycles. The van der Waals surface area contributed by atoms with Crippen LogP contribution in [0.15, 0.2) is 0 Å². The Morgan fingerprint density at radius 3 is 0.330 bits per heavy atom. The second-order valence-corrected chi connectivity index (χ2v) is 20.5. The summed E-state index contributed by atoms with van der Waals surface area (Å²) < 4.78 is 33.9. The molecule has 0 bridgehead atoms. The van der Waals surface area contributed by atoms with Crippen molar-refractivity contribution in [3.63, 3.8) is 0 Å². The van der Waals surface area contributed by atoms with Crippen LogP contribution < -0.4 is 0 Å². The SMILES string of the molecule is O=C(OCC(COC(=O)N(C(CO)CO)C(CO)CO)N(C(COC(=O)N(C(CO)CO)C(CO)CO)COC(=O)N(C(CO)CO)C(CO)CO)C(COC(=O)N(C(CO)CO)C(CO)CO)COC(=O)N(C(CO)CO)C(CO)CO)N(C(CO)CO)C(CO)CO. The molecule has 0 unspecified atom stereocenters. The Labute approximate surface area is 538 Å². The van der Waals surface area contributed by atoms with Gasteiger partial charge in [0.15, 0.2) is 0 Å². The molecule has 24 N–H and O–H groups in total. The third kappa shape index (κ3) is 25.9. The van der Waals surface area contributed by atoms with Crippen LogP contribution in [0.5, 0.6) is 0 Å². The zero-order valence-corrected chi connectivity index (χ0v) is 51.6. The topological polar surface area (TPSA) is 666 Å².